The Kier molecular flexibility index (Phi) is 7.40. The number of hydrogen-bond acceptors (Lipinski definition) is 9. The van der Waals surface area contributed by atoms with Crippen molar-refractivity contribution in [3.05, 3.63) is 72.4 Å². The summed E-state index contributed by atoms with van der Waals surface area (Å²) >= 11 is 1.38. The Hall–Kier alpha value is -3.87. The van der Waals surface area contributed by atoms with Crippen LogP contribution < -0.4 is 10.6 Å². The number of aliphatic hydroxyl groups excluding tert-OH is 1. The van der Waals surface area contributed by atoms with Gasteiger partial charge >= 0.3 is 0 Å². The molecule has 190 valence electrons. The highest BCUT2D eigenvalue weighted by atomic mass is 32.1. The zero-order chi connectivity index (χ0) is 25.8. The van der Waals surface area contributed by atoms with Gasteiger partial charge in [0.05, 0.1) is 30.4 Å². The highest BCUT2D eigenvalue weighted by molar-refractivity contribution is 7.22. The molecule has 0 spiro atoms. The number of aromatic nitrogens is 6. The molecule has 5 rings (SSSR count). The smallest absolute Gasteiger partial charge is 0.223 e. The number of anilines is 1. The molecule has 5 aromatic rings. The summed E-state index contributed by atoms with van der Waals surface area (Å²) in [6, 6.07) is 8.83. The molecule has 4 aromatic heterocycles. The lowest BCUT2D eigenvalue weighted by atomic mass is 9.96. The first-order chi connectivity index (χ1) is 18.0. The summed E-state index contributed by atoms with van der Waals surface area (Å²) in [5.74, 6) is -0.825. The largest absolute Gasteiger partial charge is 0.395 e. The van der Waals surface area contributed by atoms with Gasteiger partial charge in [-0.1, -0.05) is 23.4 Å². The molecule has 9 nitrogen and oxygen atoms in total. The van der Waals surface area contributed by atoms with Crippen LogP contribution in [0.25, 0.3) is 31.8 Å². The SMILES string of the molecule is CC(NCCO)c1cnc(F)cc1-c1cccc2cc(-c3nc(NCCn4ccnn4)ncc3F)sc12. The highest BCUT2D eigenvalue weighted by Gasteiger charge is 2.19. The number of nitrogens with zero attached hydrogens (tertiary/aromatic N) is 6. The molecule has 3 N–H and O–H groups in total. The van der Waals surface area contributed by atoms with Crippen molar-refractivity contribution in [1.82, 2.24) is 35.3 Å². The Bertz CT molecular complexity index is 1510. The number of hydrogen-bond donors (Lipinski definition) is 3. The van der Waals surface area contributed by atoms with Gasteiger partial charge < -0.3 is 15.7 Å². The zero-order valence-electron chi connectivity index (χ0n) is 19.9. The molecule has 0 amide bonds. The first-order valence-corrected chi connectivity index (χ1v) is 12.5. The second-order valence-corrected chi connectivity index (χ2v) is 9.36. The first kappa shape index (κ1) is 24.8. The predicted molar refractivity (Wildman–Crippen MR) is 138 cm³/mol. The van der Waals surface area contributed by atoms with Crippen LogP contribution in [-0.2, 0) is 6.54 Å². The highest BCUT2D eigenvalue weighted by Crippen LogP contribution is 2.41. The van der Waals surface area contributed by atoms with E-state index in [-0.39, 0.29) is 18.3 Å². The van der Waals surface area contributed by atoms with Crippen molar-refractivity contribution in [2.24, 2.45) is 0 Å². The van der Waals surface area contributed by atoms with E-state index in [1.165, 1.54) is 23.6 Å². The van der Waals surface area contributed by atoms with E-state index in [0.29, 0.717) is 36.0 Å². The van der Waals surface area contributed by atoms with Crippen LogP contribution in [0.15, 0.2) is 55.1 Å². The van der Waals surface area contributed by atoms with Crippen molar-refractivity contribution in [3.63, 3.8) is 0 Å². The first-order valence-electron chi connectivity index (χ1n) is 11.7. The quantitative estimate of drug-likeness (QED) is 0.236. The van der Waals surface area contributed by atoms with Gasteiger partial charge in [0.2, 0.25) is 11.9 Å². The fraction of sp³-hybridized carbons (Fsp3) is 0.240. The Labute approximate surface area is 215 Å². The summed E-state index contributed by atoms with van der Waals surface area (Å²) in [6.45, 7) is 3.36. The minimum absolute atomic E-state index is 0.0139. The van der Waals surface area contributed by atoms with Crippen LogP contribution in [0.2, 0.25) is 0 Å². The number of pyridine rings is 1. The summed E-state index contributed by atoms with van der Waals surface area (Å²) in [5.41, 5.74) is 2.47. The van der Waals surface area contributed by atoms with Crippen LogP contribution in [0.4, 0.5) is 14.7 Å². The molecule has 1 aromatic carbocycles. The molecule has 4 heterocycles. The Morgan fingerprint density at radius 2 is 2.00 bits per heavy atom. The number of halogens is 2. The lowest BCUT2D eigenvalue weighted by Crippen LogP contribution is -2.22. The van der Waals surface area contributed by atoms with Gasteiger partial charge in [0.15, 0.2) is 5.82 Å². The van der Waals surface area contributed by atoms with E-state index in [4.69, 9.17) is 0 Å². The van der Waals surface area contributed by atoms with Gasteiger partial charge in [0, 0.05) is 47.9 Å². The third-order valence-electron chi connectivity index (χ3n) is 5.84. The second-order valence-electron chi connectivity index (χ2n) is 8.31. The van der Waals surface area contributed by atoms with Gasteiger partial charge in [-0.3, -0.25) is 4.68 Å². The number of fused-ring (bicyclic) bond motifs is 1. The maximum atomic E-state index is 14.8. The molecule has 37 heavy (non-hydrogen) atoms. The molecule has 0 aliphatic rings. The molecule has 0 bridgehead atoms. The van der Waals surface area contributed by atoms with Crippen molar-refractivity contribution in [2.75, 3.05) is 25.0 Å². The number of thiophene rings is 1. The normalized spacial score (nSPS) is 12.2. The average molecular weight is 523 g/mol. The number of aliphatic hydroxyl groups is 1. The van der Waals surface area contributed by atoms with Gasteiger partial charge in [-0.15, -0.1) is 16.4 Å². The topological polar surface area (TPSA) is 114 Å². The molecule has 0 aliphatic carbocycles. The number of rotatable bonds is 10. The fourth-order valence-electron chi connectivity index (χ4n) is 4.06. The lowest BCUT2D eigenvalue weighted by molar-refractivity contribution is 0.286. The lowest BCUT2D eigenvalue weighted by Gasteiger charge is -2.18. The maximum absolute atomic E-state index is 14.8. The van der Waals surface area contributed by atoms with Gasteiger partial charge in [-0.05, 0) is 29.5 Å². The van der Waals surface area contributed by atoms with Crippen LogP contribution >= 0.6 is 11.3 Å². The van der Waals surface area contributed by atoms with Crippen LogP contribution in [0.5, 0.6) is 0 Å². The Morgan fingerprint density at radius 1 is 1.11 bits per heavy atom. The van der Waals surface area contributed by atoms with Crippen LogP contribution in [0.3, 0.4) is 0 Å². The summed E-state index contributed by atoms with van der Waals surface area (Å²) < 4.78 is 31.6. The second kappa shape index (κ2) is 11.0. The van der Waals surface area contributed by atoms with Gasteiger partial charge in [-0.25, -0.2) is 19.3 Å². The van der Waals surface area contributed by atoms with Gasteiger partial charge in [0.1, 0.15) is 5.69 Å². The molecular formula is C25H24F2N8OS. The molecular weight excluding hydrogens is 498 g/mol. The van der Waals surface area contributed by atoms with Crippen LogP contribution in [0.1, 0.15) is 18.5 Å². The molecule has 0 saturated heterocycles. The van der Waals surface area contributed by atoms with Crippen molar-refractivity contribution in [2.45, 2.75) is 19.5 Å². The molecule has 0 saturated carbocycles. The average Bonchev–Trinajstić information content (AvgIpc) is 3.58. The monoisotopic (exact) mass is 522 g/mol. The molecule has 1 unspecified atom stereocenters. The Morgan fingerprint density at radius 3 is 2.81 bits per heavy atom. The van der Waals surface area contributed by atoms with Gasteiger partial charge in [-0.2, -0.15) is 4.39 Å². The van der Waals surface area contributed by atoms with E-state index < -0.39 is 11.8 Å². The summed E-state index contributed by atoms with van der Waals surface area (Å²) in [5, 5.41) is 24.0. The number of nitrogens with one attached hydrogen (secondary N) is 2. The van der Waals surface area contributed by atoms with Gasteiger partial charge in [0.25, 0.3) is 0 Å². The zero-order valence-corrected chi connectivity index (χ0v) is 20.7. The van der Waals surface area contributed by atoms with E-state index in [1.54, 1.807) is 17.1 Å². The number of benzene rings is 1. The standard InChI is InChI=1S/C25H24F2N8OS/c1-15(28-7-10-36)19-13-30-22(27)12-18(19)17-4-2-3-16-11-21(37-24(16)17)23-20(26)14-31-25(33-23)29-5-8-35-9-6-32-34-35/h2-4,6,9,11-15,28,36H,5,7-8,10H2,1H3,(H,29,31,33). The van der Waals surface area contributed by atoms with Crippen LogP contribution in [-0.4, -0.2) is 54.7 Å². The Balaban J connectivity index is 1.49. The van der Waals surface area contributed by atoms with Crippen molar-refractivity contribution >= 4 is 27.4 Å². The molecule has 0 radical (unpaired) electrons. The van der Waals surface area contributed by atoms with E-state index in [0.717, 1.165) is 27.4 Å². The summed E-state index contributed by atoms with van der Waals surface area (Å²) in [7, 11) is 0. The minimum Gasteiger partial charge on any atom is -0.395 e. The third kappa shape index (κ3) is 5.45. The van der Waals surface area contributed by atoms with Crippen molar-refractivity contribution < 1.29 is 13.9 Å². The summed E-state index contributed by atoms with van der Waals surface area (Å²) in [4.78, 5) is 12.9. The van der Waals surface area contributed by atoms with Crippen molar-refractivity contribution in [1.29, 1.82) is 0 Å². The fourth-order valence-corrected chi connectivity index (χ4v) is 5.24. The van der Waals surface area contributed by atoms with Crippen molar-refractivity contribution in [3.8, 4) is 21.7 Å². The molecule has 12 heteroatoms. The maximum Gasteiger partial charge on any atom is 0.223 e. The van der Waals surface area contributed by atoms with Crippen LogP contribution in [0, 0.1) is 11.8 Å². The molecule has 1 atom stereocenters. The van der Waals surface area contributed by atoms with E-state index in [2.05, 4.69) is 35.9 Å². The summed E-state index contributed by atoms with van der Waals surface area (Å²) in [6.07, 6.45) is 6.00. The van der Waals surface area contributed by atoms with E-state index in [9.17, 15) is 13.9 Å². The minimum atomic E-state index is -0.592. The van der Waals surface area contributed by atoms with E-state index in [1.807, 2.05) is 31.2 Å². The van der Waals surface area contributed by atoms with E-state index >= 15 is 0 Å². The molecule has 0 aliphatic heterocycles. The predicted octanol–water partition coefficient (Wildman–Crippen LogP) is 4.05. The molecule has 0 fully saturated rings. The third-order valence-corrected chi connectivity index (χ3v) is 7.03.